The van der Waals surface area contributed by atoms with Crippen LogP contribution in [0, 0.1) is 11.7 Å². The third-order valence-electron chi connectivity index (χ3n) is 6.19. The first kappa shape index (κ1) is 24.0. The van der Waals surface area contributed by atoms with Crippen LogP contribution in [0.1, 0.15) is 47.3 Å². The molecule has 1 aliphatic heterocycles. The lowest BCUT2D eigenvalue weighted by molar-refractivity contribution is -0.135. The highest BCUT2D eigenvalue weighted by molar-refractivity contribution is 7.10. The molecule has 34 heavy (non-hydrogen) atoms. The van der Waals surface area contributed by atoms with Gasteiger partial charge in [0, 0.05) is 24.0 Å². The van der Waals surface area contributed by atoms with Crippen LogP contribution in [0.25, 0.3) is 0 Å². The molecule has 0 saturated carbocycles. The molecule has 0 radical (unpaired) electrons. The maximum absolute atomic E-state index is 13.6. The van der Waals surface area contributed by atoms with Crippen molar-refractivity contribution in [3.8, 4) is 5.75 Å². The van der Waals surface area contributed by atoms with Crippen molar-refractivity contribution in [3.63, 3.8) is 0 Å². The van der Waals surface area contributed by atoms with Crippen LogP contribution in [0.4, 0.5) is 4.39 Å². The minimum Gasteiger partial charge on any atom is -0.491 e. The minimum absolute atomic E-state index is 0.0419. The third-order valence-corrected chi connectivity index (χ3v) is 7.19. The number of halogens is 1. The van der Waals surface area contributed by atoms with Gasteiger partial charge in [-0.05, 0) is 53.6 Å². The fourth-order valence-electron chi connectivity index (χ4n) is 4.14. The molecule has 0 unspecified atom stereocenters. The van der Waals surface area contributed by atoms with Gasteiger partial charge < -0.3 is 19.0 Å². The van der Waals surface area contributed by atoms with Crippen LogP contribution in [0.5, 0.6) is 5.75 Å². The predicted octanol–water partition coefficient (Wildman–Crippen LogP) is 5.17. The van der Waals surface area contributed by atoms with Crippen LogP contribution in [-0.2, 0) is 11.2 Å². The van der Waals surface area contributed by atoms with Crippen molar-refractivity contribution >= 4 is 23.2 Å². The standard InChI is InChI=1S/C26H29FN2O4S/c1-3-18(2)15-28(26(31)23-8-5-12-32-23)16-25(30)29-11-9-24-21(10-13-34-24)22(29)17-33-20-7-4-6-19(27)14-20/h4-8,10,12-14,18,22H,3,9,11,15-17H2,1-2H3/t18-,22+/m1/s1. The molecule has 0 aliphatic carbocycles. The van der Waals surface area contributed by atoms with Crippen LogP contribution in [0.3, 0.4) is 0 Å². The van der Waals surface area contributed by atoms with Gasteiger partial charge in [0.25, 0.3) is 5.91 Å². The van der Waals surface area contributed by atoms with Crippen molar-refractivity contribution in [1.29, 1.82) is 0 Å². The van der Waals surface area contributed by atoms with Gasteiger partial charge in [-0.3, -0.25) is 9.59 Å². The summed E-state index contributed by atoms with van der Waals surface area (Å²) in [6.45, 7) is 5.28. The first-order chi connectivity index (χ1) is 16.5. The van der Waals surface area contributed by atoms with E-state index in [1.807, 2.05) is 11.4 Å². The van der Waals surface area contributed by atoms with E-state index < -0.39 is 0 Å². The van der Waals surface area contributed by atoms with Crippen molar-refractivity contribution in [2.24, 2.45) is 5.92 Å². The Hall–Kier alpha value is -3.13. The van der Waals surface area contributed by atoms with E-state index >= 15 is 0 Å². The van der Waals surface area contributed by atoms with E-state index in [1.54, 1.807) is 45.4 Å². The van der Waals surface area contributed by atoms with Crippen LogP contribution in [0.2, 0.25) is 0 Å². The fraction of sp³-hybridized carbons (Fsp3) is 0.385. The molecule has 2 aromatic heterocycles. The van der Waals surface area contributed by atoms with Crippen molar-refractivity contribution in [1.82, 2.24) is 9.80 Å². The SMILES string of the molecule is CC[C@@H](C)CN(CC(=O)N1CCc2sccc2[C@@H]1COc1cccc(F)c1)C(=O)c1ccco1. The Balaban J connectivity index is 1.53. The molecule has 0 bridgehead atoms. The summed E-state index contributed by atoms with van der Waals surface area (Å²) in [6.07, 6.45) is 3.11. The second-order valence-electron chi connectivity index (χ2n) is 8.60. The molecule has 4 rings (SSSR count). The number of hydrogen-bond donors (Lipinski definition) is 0. The number of hydrogen-bond acceptors (Lipinski definition) is 5. The number of ether oxygens (including phenoxy) is 1. The van der Waals surface area contributed by atoms with E-state index in [2.05, 4.69) is 13.8 Å². The molecule has 0 N–H and O–H groups in total. The summed E-state index contributed by atoms with van der Waals surface area (Å²) < 4.78 is 24.8. The predicted molar refractivity (Wildman–Crippen MR) is 128 cm³/mol. The average Bonchev–Trinajstić information content (AvgIpc) is 3.53. The van der Waals surface area contributed by atoms with Crippen LogP contribution in [0.15, 0.2) is 58.5 Å². The lowest BCUT2D eigenvalue weighted by atomic mass is 10.00. The molecular weight excluding hydrogens is 455 g/mol. The maximum atomic E-state index is 13.6. The molecule has 2 atom stereocenters. The summed E-state index contributed by atoms with van der Waals surface area (Å²) in [7, 11) is 0. The Bertz CT molecular complexity index is 1110. The Morgan fingerprint density at radius 3 is 2.88 bits per heavy atom. The molecule has 3 heterocycles. The zero-order valence-corrected chi connectivity index (χ0v) is 20.2. The van der Waals surface area contributed by atoms with Gasteiger partial charge in [0.05, 0.1) is 12.3 Å². The lowest BCUT2D eigenvalue weighted by Gasteiger charge is -2.37. The summed E-state index contributed by atoms with van der Waals surface area (Å²) in [4.78, 5) is 31.2. The summed E-state index contributed by atoms with van der Waals surface area (Å²) in [5.41, 5.74) is 1.05. The number of thiophene rings is 1. The summed E-state index contributed by atoms with van der Waals surface area (Å²) in [5, 5.41) is 2.02. The van der Waals surface area contributed by atoms with Crippen molar-refractivity contribution in [2.75, 3.05) is 26.2 Å². The van der Waals surface area contributed by atoms with Gasteiger partial charge in [-0.15, -0.1) is 11.3 Å². The monoisotopic (exact) mass is 484 g/mol. The van der Waals surface area contributed by atoms with Crippen LogP contribution < -0.4 is 4.74 Å². The van der Waals surface area contributed by atoms with Crippen molar-refractivity contribution < 1.29 is 23.1 Å². The summed E-state index contributed by atoms with van der Waals surface area (Å²) in [5.74, 6) is 0.0698. The number of benzene rings is 1. The highest BCUT2D eigenvalue weighted by atomic mass is 32.1. The Morgan fingerprint density at radius 1 is 1.29 bits per heavy atom. The van der Waals surface area contributed by atoms with Crippen LogP contribution >= 0.6 is 11.3 Å². The number of carbonyl (C=O) groups is 2. The Labute approximate surface area is 202 Å². The smallest absolute Gasteiger partial charge is 0.290 e. The zero-order chi connectivity index (χ0) is 24.1. The second kappa shape index (κ2) is 10.9. The Kier molecular flexibility index (Phi) is 7.67. The Morgan fingerprint density at radius 2 is 2.15 bits per heavy atom. The largest absolute Gasteiger partial charge is 0.491 e. The number of fused-ring (bicyclic) bond motifs is 1. The average molecular weight is 485 g/mol. The normalized spacial score (nSPS) is 16.1. The van der Waals surface area contributed by atoms with E-state index in [4.69, 9.17) is 9.15 Å². The second-order valence-corrected chi connectivity index (χ2v) is 9.60. The van der Waals surface area contributed by atoms with E-state index in [9.17, 15) is 14.0 Å². The van der Waals surface area contributed by atoms with E-state index in [0.717, 1.165) is 18.4 Å². The molecule has 8 heteroatoms. The fourth-order valence-corrected chi connectivity index (χ4v) is 5.07. The van der Waals surface area contributed by atoms with E-state index in [1.165, 1.54) is 23.3 Å². The molecule has 0 spiro atoms. The van der Waals surface area contributed by atoms with Gasteiger partial charge in [0.2, 0.25) is 5.91 Å². The summed E-state index contributed by atoms with van der Waals surface area (Å²) >= 11 is 1.66. The number of amides is 2. The number of carbonyl (C=O) groups excluding carboxylic acids is 2. The van der Waals surface area contributed by atoms with Crippen molar-refractivity contribution in [2.45, 2.75) is 32.7 Å². The molecule has 6 nitrogen and oxygen atoms in total. The summed E-state index contributed by atoms with van der Waals surface area (Å²) in [6, 6.07) is 11.0. The molecule has 180 valence electrons. The van der Waals surface area contributed by atoms with Gasteiger partial charge in [0.1, 0.15) is 24.7 Å². The molecule has 1 aliphatic rings. The molecular formula is C26H29FN2O4S. The quantitative estimate of drug-likeness (QED) is 0.420. The van der Waals surface area contributed by atoms with Gasteiger partial charge in [-0.2, -0.15) is 0 Å². The number of furan rings is 1. The first-order valence-electron chi connectivity index (χ1n) is 11.5. The molecule has 3 aromatic rings. The molecule has 0 fully saturated rings. The van der Waals surface area contributed by atoms with Crippen molar-refractivity contribution in [3.05, 3.63) is 76.1 Å². The van der Waals surface area contributed by atoms with E-state index in [-0.39, 0.29) is 48.5 Å². The van der Waals surface area contributed by atoms with Gasteiger partial charge >= 0.3 is 0 Å². The van der Waals surface area contributed by atoms with Crippen LogP contribution in [-0.4, -0.2) is 47.9 Å². The maximum Gasteiger partial charge on any atom is 0.290 e. The minimum atomic E-state index is -0.373. The van der Waals surface area contributed by atoms with Gasteiger partial charge in [-0.1, -0.05) is 26.3 Å². The molecule has 2 amide bonds. The highest BCUT2D eigenvalue weighted by Gasteiger charge is 2.34. The zero-order valence-electron chi connectivity index (χ0n) is 19.4. The number of rotatable bonds is 9. The first-order valence-corrected chi connectivity index (χ1v) is 12.4. The third kappa shape index (κ3) is 5.50. The topological polar surface area (TPSA) is 63.0 Å². The highest BCUT2D eigenvalue weighted by Crippen LogP contribution is 2.34. The van der Waals surface area contributed by atoms with E-state index in [0.29, 0.717) is 18.8 Å². The van der Waals surface area contributed by atoms with Gasteiger partial charge in [-0.25, -0.2) is 4.39 Å². The molecule has 0 saturated heterocycles. The van der Waals surface area contributed by atoms with Gasteiger partial charge in [0.15, 0.2) is 5.76 Å². The molecule has 1 aromatic carbocycles. The number of nitrogens with zero attached hydrogens (tertiary/aromatic N) is 2. The lowest BCUT2D eigenvalue weighted by Crippen LogP contribution is -2.48.